The zero-order valence-electron chi connectivity index (χ0n) is 13.4. The van der Waals surface area contributed by atoms with Crippen LogP contribution in [0.25, 0.3) is 0 Å². The minimum Gasteiger partial charge on any atom is -0.490 e. The number of benzene rings is 2. The summed E-state index contributed by atoms with van der Waals surface area (Å²) >= 11 is 3.37. The van der Waals surface area contributed by atoms with Gasteiger partial charge in [0, 0.05) is 28.2 Å². The van der Waals surface area contributed by atoms with Crippen molar-refractivity contribution in [1.29, 1.82) is 0 Å². The first-order chi connectivity index (χ1) is 11.7. The quantitative estimate of drug-likeness (QED) is 0.541. The molecule has 3 rings (SSSR count). The zero-order chi connectivity index (χ0) is 16.8. The third-order valence-electron chi connectivity index (χ3n) is 3.84. The largest absolute Gasteiger partial charge is 0.490 e. The van der Waals surface area contributed by atoms with E-state index < -0.39 is 0 Å². The highest BCUT2D eigenvalue weighted by Gasteiger charge is 2.18. The van der Waals surface area contributed by atoms with Gasteiger partial charge in [0.15, 0.2) is 5.78 Å². The van der Waals surface area contributed by atoms with Gasteiger partial charge in [-0.05, 0) is 61.4 Å². The van der Waals surface area contributed by atoms with Crippen LogP contribution in [-0.4, -0.2) is 25.0 Å². The second kappa shape index (κ2) is 8.27. The molecule has 0 unspecified atom stereocenters. The summed E-state index contributed by atoms with van der Waals surface area (Å²) in [6, 6.07) is 15.4. The number of carbonyl (C=O) groups excluding carboxylic acids is 1. The lowest BCUT2D eigenvalue weighted by atomic mass is 10.0. The van der Waals surface area contributed by atoms with Crippen LogP contribution in [0, 0.1) is 0 Å². The normalized spacial score (nSPS) is 14.0. The van der Waals surface area contributed by atoms with E-state index in [1.807, 2.05) is 42.5 Å². The third kappa shape index (κ3) is 5.05. The van der Waals surface area contributed by atoms with Gasteiger partial charge in [0.2, 0.25) is 0 Å². The summed E-state index contributed by atoms with van der Waals surface area (Å²) in [4.78, 5) is 12.4. The van der Waals surface area contributed by atoms with Gasteiger partial charge < -0.3 is 10.1 Å². The highest BCUT2D eigenvalue weighted by Crippen LogP contribution is 2.18. The Morgan fingerprint density at radius 2 is 1.67 bits per heavy atom. The Morgan fingerprint density at radius 3 is 2.29 bits per heavy atom. The Labute approximate surface area is 150 Å². The molecular weight excluding hydrogens is 366 g/mol. The monoisotopic (exact) mass is 385 g/mol. The van der Waals surface area contributed by atoms with Crippen LogP contribution in [0.2, 0.25) is 0 Å². The maximum atomic E-state index is 12.4. The molecule has 0 aliphatic heterocycles. The molecule has 0 radical (unpaired) electrons. The number of carbonyl (C=O) groups is 1. The smallest absolute Gasteiger partial charge is 0.193 e. The summed E-state index contributed by atoms with van der Waals surface area (Å²) in [7, 11) is 0. The first-order valence-electron chi connectivity index (χ1n) is 8.14. The Morgan fingerprint density at radius 1 is 1.04 bits per heavy atom. The lowest BCUT2D eigenvalue weighted by molar-refractivity contribution is 0.103. The van der Waals surface area contributed by atoms with Crippen molar-refractivity contribution in [1.82, 2.24) is 5.32 Å². The van der Waals surface area contributed by atoms with Crippen LogP contribution in [0.3, 0.4) is 0 Å². The SMILES string of the molecule is O=C(c1ccc(Br)cc1)c1ccc(OCC=CCNC2CC2)cc1. The minimum absolute atomic E-state index is 0.0140. The van der Waals surface area contributed by atoms with Crippen molar-refractivity contribution < 1.29 is 9.53 Å². The summed E-state index contributed by atoms with van der Waals surface area (Å²) < 4.78 is 6.61. The van der Waals surface area contributed by atoms with E-state index in [0.717, 1.165) is 22.8 Å². The summed E-state index contributed by atoms with van der Waals surface area (Å²) in [5.74, 6) is 0.780. The molecule has 1 saturated carbocycles. The molecule has 0 bridgehead atoms. The summed E-state index contributed by atoms with van der Waals surface area (Å²) in [5, 5.41) is 3.41. The molecule has 2 aromatic rings. The molecule has 0 aromatic heterocycles. The number of rotatable bonds is 8. The molecule has 1 N–H and O–H groups in total. The maximum Gasteiger partial charge on any atom is 0.193 e. The van der Waals surface area contributed by atoms with Gasteiger partial charge in [-0.25, -0.2) is 0 Å². The zero-order valence-corrected chi connectivity index (χ0v) is 15.0. The standard InChI is InChI=1S/C20H20BrNO2/c21-17-7-3-15(4-8-17)20(23)16-5-11-19(12-6-16)24-14-2-1-13-22-18-9-10-18/h1-8,11-12,18,22H,9-10,13-14H2. The van der Waals surface area contributed by atoms with Crippen LogP contribution in [0.15, 0.2) is 65.2 Å². The van der Waals surface area contributed by atoms with Crippen molar-refractivity contribution in [2.75, 3.05) is 13.2 Å². The molecule has 1 aliphatic rings. The number of nitrogens with one attached hydrogen (secondary N) is 1. The predicted octanol–water partition coefficient (Wildman–Crippen LogP) is 4.37. The van der Waals surface area contributed by atoms with Crippen molar-refractivity contribution in [2.24, 2.45) is 0 Å². The molecule has 2 aromatic carbocycles. The summed E-state index contributed by atoms with van der Waals surface area (Å²) in [5.41, 5.74) is 1.34. The first kappa shape index (κ1) is 16.9. The highest BCUT2D eigenvalue weighted by atomic mass is 79.9. The molecule has 24 heavy (non-hydrogen) atoms. The molecule has 4 heteroatoms. The van der Waals surface area contributed by atoms with E-state index in [9.17, 15) is 4.79 Å². The Balaban J connectivity index is 1.49. The molecule has 124 valence electrons. The van der Waals surface area contributed by atoms with Crippen LogP contribution >= 0.6 is 15.9 Å². The molecule has 3 nitrogen and oxygen atoms in total. The van der Waals surface area contributed by atoms with E-state index in [1.165, 1.54) is 12.8 Å². The van der Waals surface area contributed by atoms with Crippen molar-refractivity contribution >= 4 is 21.7 Å². The van der Waals surface area contributed by atoms with E-state index in [1.54, 1.807) is 12.1 Å². The van der Waals surface area contributed by atoms with E-state index >= 15 is 0 Å². The highest BCUT2D eigenvalue weighted by molar-refractivity contribution is 9.10. The third-order valence-corrected chi connectivity index (χ3v) is 4.37. The fraction of sp³-hybridized carbons (Fsp3) is 0.250. The topological polar surface area (TPSA) is 38.3 Å². The lowest BCUT2D eigenvalue weighted by Gasteiger charge is -2.05. The second-order valence-corrected chi connectivity index (χ2v) is 6.74. The van der Waals surface area contributed by atoms with Crippen molar-refractivity contribution in [3.63, 3.8) is 0 Å². The van der Waals surface area contributed by atoms with E-state index in [0.29, 0.717) is 17.7 Å². The van der Waals surface area contributed by atoms with Crippen LogP contribution in [0.4, 0.5) is 0 Å². The average molecular weight is 386 g/mol. The summed E-state index contributed by atoms with van der Waals surface area (Å²) in [6.07, 6.45) is 6.70. The van der Waals surface area contributed by atoms with Crippen molar-refractivity contribution in [3.05, 3.63) is 76.3 Å². The van der Waals surface area contributed by atoms with Crippen LogP contribution < -0.4 is 10.1 Å². The van der Waals surface area contributed by atoms with Gasteiger partial charge in [-0.3, -0.25) is 4.79 Å². The number of ether oxygens (including phenoxy) is 1. The number of hydrogen-bond donors (Lipinski definition) is 1. The number of halogens is 1. The second-order valence-electron chi connectivity index (χ2n) is 5.83. The molecule has 1 aliphatic carbocycles. The molecule has 0 amide bonds. The predicted molar refractivity (Wildman–Crippen MR) is 99.7 cm³/mol. The van der Waals surface area contributed by atoms with Crippen LogP contribution in [0.1, 0.15) is 28.8 Å². The Kier molecular flexibility index (Phi) is 5.83. The van der Waals surface area contributed by atoms with E-state index in [4.69, 9.17) is 4.74 Å². The molecule has 0 heterocycles. The lowest BCUT2D eigenvalue weighted by Crippen LogP contribution is -2.15. The van der Waals surface area contributed by atoms with E-state index in [-0.39, 0.29) is 5.78 Å². The molecular formula is C20H20BrNO2. The Bertz CT molecular complexity index is 703. The average Bonchev–Trinajstić information content (AvgIpc) is 3.43. The van der Waals surface area contributed by atoms with Gasteiger partial charge in [0.25, 0.3) is 0 Å². The van der Waals surface area contributed by atoms with Crippen molar-refractivity contribution in [2.45, 2.75) is 18.9 Å². The molecule has 0 saturated heterocycles. The van der Waals surface area contributed by atoms with E-state index in [2.05, 4.69) is 27.3 Å². The number of ketones is 1. The minimum atomic E-state index is 0.0140. The molecule has 0 spiro atoms. The van der Waals surface area contributed by atoms with Gasteiger partial charge in [-0.15, -0.1) is 0 Å². The first-order valence-corrected chi connectivity index (χ1v) is 8.93. The van der Waals surface area contributed by atoms with Gasteiger partial charge in [-0.2, -0.15) is 0 Å². The molecule has 1 fully saturated rings. The summed E-state index contributed by atoms with van der Waals surface area (Å²) in [6.45, 7) is 1.43. The van der Waals surface area contributed by atoms with Crippen molar-refractivity contribution in [3.8, 4) is 5.75 Å². The van der Waals surface area contributed by atoms with Gasteiger partial charge in [0.1, 0.15) is 12.4 Å². The fourth-order valence-electron chi connectivity index (χ4n) is 2.29. The number of hydrogen-bond acceptors (Lipinski definition) is 3. The van der Waals surface area contributed by atoms with Crippen LogP contribution in [0.5, 0.6) is 5.75 Å². The van der Waals surface area contributed by atoms with Crippen LogP contribution in [-0.2, 0) is 0 Å². The van der Waals surface area contributed by atoms with Gasteiger partial charge >= 0.3 is 0 Å². The van der Waals surface area contributed by atoms with Gasteiger partial charge in [-0.1, -0.05) is 28.1 Å². The molecule has 0 atom stereocenters. The Hall–Kier alpha value is -1.91. The maximum absolute atomic E-state index is 12.4. The fourth-order valence-corrected chi connectivity index (χ4v) is 2.55. The van der Waals surface area contributed by atoms with Gasteiger partial charge in [0.05, 0.1) is 0 Å².